The first-order valence-electron chi connectivity index (χ1n) is 8.38. The van der Waals surface area contributed by atoms with Gasteiger partial charge in [0.05, 0.1) is 11.7 Å². The molecular formula is C22H19FN2O. The number of aromatic nitrogens is 1. The van der Waals surface area contributed by atoms with Crippen LogP contribution in [0.25, 0.3) is 17.3 Å². The van der Waals surface area contributed by atoms with E-state index in [1.165, 1.54) is 18.2 Å². The molecule has 0 aliphatic rings. The Morgan fingerprint density at radius 3 is 2.65 bits per heavy atom. The van der Waals surface area contributed by atoms with Crippen molar-refractivity contribution in [2.75, 3.05) is 0 Å². The van der Waals surface area contributed by atoms with Crippen molar-refractivity contribution in [2.45, 2.75) is 13.0 Å². The van der Waals surface area contributed by atoms with Crippen LogP contribution >= 0.6 is 0 Å². The minimum atomic E-state index is -0.354. The third kappa shape index (κ3) is 4.42. The SMILES string of the molecule is CC(NC(=O)/C=C/c1ccccc1F)c1cccc(-c2ccccn2)c1. The number of benzene rings is 2. The predicted molar refractivity (Wildman–Crippen MR) is 102 cm³/mol. The standard InChI is InChI=1S/C22H19FN2O/c1-16(25-22(26)13-12-17-7-2-3-10-20(17)23)18-8-6-9-19(15-18)21-11-4-5-14-24-21/h2-16H,1H3,(H,25,26)/b13-12+. The fourth-order valence-electron chi connectivity index (χ4n) is 2.62. The van der Waals surface area contributed by atoms with Gasteiger partial charge in [0.2, 0.25) is 5.91 Å². The molecular weight excluding hydrogens is 327 g/mol. The molecule has 4 heteroatoms. The molecule has 0 saturated heterocycles. The number of nitrogens with one attached hydrogen (secondary N) is 1. The lowest BCUT2D eigenvalue weighted by atomic mass is 10.0. The first kappa shape index (κ1) is 17.5. The maximum absolute atomic E-state index is 13.6. The quantitative estimate of drug-likeness (QED) is 0.676. The van der Waals surface area contributed by atoms with Gasteiger partial charge in [0.1, 0.15) is 5.82 Å². The molecule has 2 aromatic carbocycles. The number of amides is 1. The number of carbonyl (C=O) groups is 1. The van der Waals surface area contributed by atoms with Crippen LogP contribution in [0.2, 0.25) is 0 Å². The van der Waals surface area contributed by atoms with E-state index in [4.69, 9.17) is 0 Å². The van der Waals surface area contributed by atoms with Crippen LogP contribution in [0, 0.1) is 5.82 Å². The van der Waals surface area contributed by atoms with Crippen molar-refractivity contribution in [1.29, 1.82) is 0 Å². The smallest absolute Gasteiger partial charge is 0.244 e. The van der Waals surface area contributed by atoms with Crippen LogP contribution in [0.15, 0.2) is 79.0 Å². The van der Waals surface area contributed by atoms with Crippen LogP contribution in [0.3, 0.4) is 0 Å². The molecule has 0 fully saturated rings. The van der Waals surface area contributed by atoms with Gasteiger partial charge in [-0.1, -0.05) is 42.5 Å². The summed E-state index contributed by atoms with van der Waals surface area (Å²) in [5, 5.41) is 2.90. The summed E-state index contributed by atoms with van der Waals surface area (Å²) >= 11 is 0. The average molecular weight is 346 g/mol. The van der Waals surface area contributed by atoms with E-state index in [0.717, 1.165) is 16.8 Å². The lowest BCUT2D eigenvalue weighted by Crippen LogP contribution is -2.24. The van der Waals surface area contributed by atoms with E-state index in [2.05, 4.69) is 10.3 Å². The Morgan fingerprint density at radius 2 is 1.88 bits per heavy atom. The molecule has 0 saturated carbocycles. The molecule has 3 rings (SSSR count). The number of rotatable bonds is 5. The highest BCUT2D eigenvalue weighted by atomic mass is 19.1. The second-order valence-corrected chi connectivity index (χ2v) is 5.93. The van der Waals surface area contributed by atoms with E-state index >= 15 is 0 Å². The van der Waals surface area contributed by atoms with E-state index in [1.807, 2.05) is 49.4 Å². The third-order valence-corrected chi connectivity index (χ3v) is 4.03. The van der Waals surface area contributed by atoms with Gasteiger partial charge in [-0.05, 0) is 42.8 Å². The van der Waals surface area contributed by atoms with Crippen LogP contribution < -0.4 is 5.32 Å². The Morgan fingerprint density at radius 1 is 1.08 bits per heavy atom. The lowest BCUT2D eigenvalue weighted by Gasteiger charge is -2.14. The summed E-state index contributed by atoms with van der Waals surface area (Å²) in [5.74, 6) is -0.628. The minimum Gasteiger partial charge on any atom is -0.346 e. The van der Waals surface area contributed by atoms with Gasteiger partial charge in [-0.3, -0.25) is 9.78 Å². The maximum atomic E-state index is 13.6. The fourth-order valence-corrected chi connectivity index (χ4v) is 2.62. The molecule has 1 N–H and O–H groups in total. The Kier molecular flexibility index (Phi) is 5.54. The van der Waals surface area contributed by atoms with Gasteiger partial charge < -0.3 is 5.32 Å². The average Bonchev–Trinajstić information content (AvgIpc) is 2.68. The van der Waals surface area contributed by atoms with Gasteiger partial charge in [0, 0.05) is 23.4 Å². The van der Waals surface area contributed by atoms with Crippen molar-refractivity contribution in [3.63, 3.8) is 0 Å². The van der Waals surface area contributed by atoms with Crippen LogP contribution in [-0.2, 0) is 4.79 Å². The molecule has 3 nitrogen and oxygen atoms in total. The van der Waals surface area contributed by atoms with Gasteiger partial charge in [-0.25, -0.2) is 4.39 Å². The summed E-state index contributed by atoms with van der Waals surface area (Å²) < 4.78 is 13.6. The third-order valence-electron chi connectivity index (χ3n) is 4.03. The summed E-state index contributed by atoms with van der Waals surface area (Å²) in [6, 6.07) is 19.8. The Bertz CT molecular complexity index is 922. The van der Waals surface area contributed by atoms with Crippen molar-refractivity contribution in [3.8, 4) is 11.3 Å². The molecule has 0 radical (unpaired) electrons. The maximum Gasteiger partial charge on any atom is 0.244 e. The van der Waals surface area contributed by atoms with E-state index in [1.54, 1.807) is 24.4 Å². The zero-order chi connectivity index (χ0) is 18.4. The molecule has 0 aliphatic heterocycles. The molecule has 26 heavy (non-hydrogen) atoms. The number of hydrogen-bond acceptors (Lipinski definition) is 2. The Labute approximate surface area is 152 Å². The number of halogens is 1. The zero-order valence-electron chi connectivity index (χ0n) is 14.4. The Balaban J connectivity index is 1.69. The number of nitrogens with zero attached hydrogens (tertiary/aromatic N) is 1. The molecule has 0 spiro atoms. The van der Waals surface area contributed by atoms with Gasteiger partial charge in [-0.15, -0.1) is 0 Å². The Hall–Kier alpha value is -3.27. The largest absolute Gasteiger partial charge is 0.346 e. The molecule has 3 aromatic rings. The summed E-state index contributed by atoms with van der Waals surface area (Å²) in [6.07, 6.45) is 4.57. The predicted octanol–water partition coefficient (Wildman–Crippen LogP) is 4.78. The van der Waals surface area contributed by atoms with E-state index in [-0.39, 0.29) is 17.8 Å². The highest BCUT2D eigenvalue weighted by molar-refractivity contribution is 5.92. The van der Waals surface area contributed by atoms with Gasteiger partial charge in [0.25, 0.3) is 0 Å². The van der Waals surface area contributed by atoms with Crippen molar-refractivity contribution in [2.24, 2.45) is 0 Å². The minimum absolute atomic E-state index is 0.184. The van der Waals surface area contributed by atoms with E-state index in [0.29, 0.717) is 5.56 Å². The van der Waals surface area contributed by atoms with Crippen molar-refractivity contribution in [1.82, 2.24) is 10.3 Å². The van der Waals surface area contributed by atoms with Crippen LogP contribution in [-0.4, -0.2) is 10.9 Å². The van der Waals surface area contributed by atoms with Gasteiger partial charge in [-0.2, -0.15) is 0 Å². The summed E-state index contributed by atoms with van der Waals surface area (Å²) in [7, 11) is 0. The highest BCUT2D eigenvalue weighted by Crippen LogP contribution is 2.21. The number of carbonyl (C=O) groups excluding carboxylic acids is 1. The lowest BCUT2D eigenvalue weighted by molar-refractivity contribution is -0.117. The van der Waals surface area contributed by atoms with Crippen LogP contribution in [0.4, 0.5) is 4.39 Å². The first-order chi connectivity index (χ1) is 12.6. The van der Waals surface area contributed by atoms with Crippen molar-refractivity contribution < 1.29 is 9.18 Å². The van der Waals surface area contributed by atoms with Gasteiger partial charge in [0.15, 0.2) is 0 Å². The van der Waals surface area contributed by atoms with Crippen molar-refractivity contribution in [3.05, 3.63) is 95.9 Å². The van der Waals surface area contributed by atoms with E-state index in [9.17, 15) is 9.18 Å². The molecule has 1 atom stereocenters. The molecule has 1 aromatic heterocycles. The van der Waals surface area contributed by atoms with Crippen molar-refractivity contribution >= 4 is 12.0 Å². The van der Waals surface area contributed by atoms with Crippen LogP contribution in [0.1, 0.15) is 24.1 Å². The molecule has 1 heterocycles. The topological polar surface area (TPSA) is 42.0 Å². The van der Waals surface area contributed by atoms with Gasteiger partial charge >= 0.3 is 0 Å². The molecule has 0 bridgehead atoms. The molecule has 130 valence electrons. The fraction of sp³-hybridized carbons (Fsp3) is 0.0909. The number of hydrogen-bond donors (Lipinski definition) is 1. The van der Waals surface area contributed by atoms with E-state index < -0.39 is 0 Å². The molecule has 1 unspecified atom stereocenters. The summed E-state index contributed by atoms with van der Waals surface area (Å²) in [5.41, 5.74) is 3.23. The highest BCUT2D eigenvalue weighted by Gasteiger charge is 2.09. The summed E-state index contributed by atoms with van der Waals surface area (Å²) in [6.45, 7) is 1.91. The monoisotopic (exact) mass is 346 g/mol. The van der Waals surface area contributed by atoms with Crippen LogP contribution in [0.5, 0.6) is 0 Å². The second kappa shape index (κ2) is 8.21. The zero-order valence-corrected chi connectivity index (χ0v) is 14.4. The number of pyridine rings is 1. The first-order valence-corrected chi connectivity index (χ1v) is 8.38. The molecule has 1 amide bonds. The summed E-state index contributed by atoms with van der Waals surface area (Å²) in [4.78, 5) is 16.5. The normalized spacial score (nSPS) is 12.1. The molecule has 0 aliphatic carbocycles. The second-order valence-electron chi connectivity index (χ2n) is 5.93.